The van der Waals surface area contributed by atoms with Gasteiger partial charge in [-0.25, -0.2) is 4.39 Å². The maximum absolute atomic E-state index is 14.3. The van der Waals surface area contributed by atoms with Crippen molar-refractivity contribution in [1.82, 2.24) is 0 Å². The molecule has 6 heteroatoms. The van der Waals surface area contributed by atoms with Gasteiger partial charge in [-0.2, -0.15) is 8.78 Å². The molecule has 0 N–H and O–H groups in total. The zero-order chi connectivity index (χ0) is 18.9. The van der Waals surface area contributed by atoms with E-state index in [1.165, 1.54) is 43.5 Å². The smallest absolute Gasteiger partial charge is 0.426 e. The Bertz CT molecular complexity index is 749. The number of hydrogen-bond acceptors (Lipinski definition) is 3. The summed E-state index contributed by atoms with van der Waals surface area (Å²) in [5.74, 6) is 0.506. The summed E-state index contributed by atoms with van der Waals surface area (Å²) in [4.78, 5) is 0. The molecule has 1 heterocycles. The molecule has 2 aliphatic rings. The molecule has 1 aliphatic heterocycles. The Morgan fingerprint density at radius 1 is 0.852 bits per heavy atom. The van der Waals surface area contributed by atoms with Crippen LogP contribution in [0.15, 0.2) is 48.5 Å². The number of benzene rings is 2. The molecule has 27 heavy (non-hydrogen) atoms. The van der Waals surface area contributed by atoms with Crippen molar-refractivity contribution in [1.29, 1.82) is 0 Å². The van der Waals surface area contributed by atoms with E-state index in [4.69, 9.17) is 14.2 Å². The molecular weight excluding hydrogens is 357 g/mol. The van der Waals surface area contributed by atoms with Crippen LogP contribution < -0.4 is 4.74 Å². The molecule has 2 aromatic rings. The summed E-state index contributed by atoms with van der Waals surface area (Å²) in [6.07, 6.45) is -0.304. The second kappa shape index (κ2) is 7.52. The van der Waals surface area contributed by atoms with Gasteiger partial charge in [0, 0.05) is 11.5 Å². The molecule has 1 saturated carbocycles. The summed E-state index contributed by atoms with van der Waals surface area (Å²) in [5.41, 5.74) is 0.405. The van der Waals surface area contributed by atoms with Gasteiger partial charge in [0.1, 0.15) is 11.6 Å². The van der Waals surface area contributed by atoms with Crippen molar-refractivity contribution in [2.45, 2.75) is 31.7 Å². The predicted molar refractivity (Wildman–Crippen MR) is 92.8 cm³/mol. The maximum atomic E-state index is 14.3. The molecule has 1 saturated heterocycles. The standard InChI is InChI=1S/C21H21F3O3/c22-18-8-10-19(11-9-18)27-21(23,24)17-6-4-15(5-7-17)20-25-12-16(13-26-20)14-2-1-3-14/h4-11,14,16,20H,1-3,12-13H2. The maximum Gasteiger partial charge on any atom is 0.426 e. The van der Waals surface area contributed by atoms with Crippen molar-refractivity contribution >= 4 is 0 Å². The van der Waals surface area contributed by atoms with Crippen LogP contribution in [0.5, 0.6) is 5.75 Å². The first-order chi connectivity index (χ1) is 13.0. The van der Waals surface area contributed by atoms with Gasteiger partial charge in [0.05, 0.1) is 18.8 Å². The summed E-state index contributed by atoms with van der Waals surface area (Å²) in [5, 5.41) is 0. The Morgan fingerprint density at radius 3 is 2.04 bits per heavy atom. The van der Waals surface area contributed by atoms with E-state index in [1.54, 1.807) is 12.1 Å². The normalized spacial score (nSPS) is 23.7. The molecule has 0 atom stereocenters. The molecule has 2 aromatic carbocycles. The van der Waals surface area contributed by atoms with E-state index in [2.05, 4.69) is 0 Å². The van der Waals surface area contributed by atoms with E-state index in [-0.39, 0.29) is 11.3 Å². The number of hydrogen-bond donors (Lipinski definition) is 0. The van der Waals surface area contributed by atoms with Crippen LogP contribution >= 0.6 is 0 Å². The van der Waals surface area contributed by atoms with E-state index >= 15 is 0 Å². The summed E-state index contributed by atoms with van der Waals surface area (Å²) in [7, 11) is 0. The van der Waals surface area contributed by atoms with Crippen molar-refractivity contribution < 1.29 is 27.4 Å². The molecule has 0 amide bonds. The molecular formula is C21H21F3O3. The first-order valence-electron chi connectivity index (χ1n) is 9.17. The lowest BCUT2D eigenvalue weighted by atomic mass is 9.76. The van der Waals surface area contributed by atoms with Crippen LogP contribution in [-0.4, -0.2) is 13.2 Å². The second-order valence-corrected chi connectivity index (χ2v) is 7.14. The zero-order valence-electron chi connectivity index (χ0n) is 14.7. The Labute approximate surface area is 156 Å². The topological polar surface area (TPSA) is 27.7 Å². The molecule has 0 aromatic heterocycles. The highest BCUT2D eigenvalue weighted by molar-refractivity contribution is 5.28. The van der Waals surface area contributed by atoms with E-state index in [0.29, 0.717) is 30.6 Å². The monoisotopic (exact) mass is 378 g/mol. The van der Waals surface area contributed by atoms with Gasteiger partial charge < -0.3 is 14.2 Å². The largest absolute Gasteiger partial charge is 0.429 e. The van der Waals surface area contributed by atoms with Gasteiger partial charge in [0.25, 0.3) is 0 Å². The summed E-state index contributed by atoms with van der Waals surface area (Å²) in [6.45, 7) is 1.28. The van der Waals surface area contributed by atoms with Crippen molar-refractivity contribution in [3.8, 4) is 5.75 Å². The van der Waals surface area contributed by atoms with Crippen LogP contribution in [0.25, 0.3) is 0 Å². The van der Waals surface area contributed by atoms with Crippen LogP contribution in [0.1, 0.15) is 36.7 Å². The van der Waals surface area contributed by atoms with Crippen molar-refractivity contribution in [2.24, 2.45) is 11.8 Å². The van der Waals surface area contributed by atoms with Crippen LogP contribution in [0, 0.1) is 17.7 Å². The molecule has 2 fully saturated rings. The van der Waals surface area contributed by atoms with Gasteiger partial charge in [0.2, 0.25) is 0 Å². The SMILES string of the molecule is Fc1ccc(OC(F)(F)c2ccc(C3OCC(C4CCC4)CO3)cc2)cc1. The number of rotatable bonds is 5. The fraction of sp³-hybridized carbons (Fsp3) is 0.429. The highest BCUT2D eigenvalue weighted by Crippen LogP contribution is 2.38. The molecule has 4 rings (SSSR count). The number of alkyl halides is 2. The van der Waals surface area contributed by atoms with Crippen molar-refractivity contribution in [3.63, 3.8) is 0 Å². The average Bonchev–Trinajstić information content (AvgIpc) is 2.63. The average molecular weight is 378 g/mol. The quantitative estimate of drug-likeness (QED) is 0.696. The third kappa shape index (κ3) is 4.12. The highest BCUT2D eigenvalue weighted by Gasteiger charge is 2.36. The Hall–Kier alpha value is -2.05. The lowest BCUT2D eigenvalue weighted by Crippen LogP contribution is -2.35. The second-order valence-electron chi connectivity index (χ2n) is 7.14. The van der Waals surface area contributed by atoms with E-state index in [9.17, 15) is 13.2 Å². The third-order valence-electron chi connectivity index (χ3n) is 5.32. The fourth-order valence-electron chi connectivity index (χ4n) is 3.44. The molecule has 1 aliphatic carbocycles. The van der Waals surface area contributed by atoms with Crippen LogP contribution in [0.2, 0.25) is 0 Å². The minimum atomic E-state index is -3.53. The van der Waals surface area contributed by atoms with Gasteiger partial charge >= 0.3 is 6.11 Å². The molecule has 0 spiro atoms. The Balaban J connectivity index is 1.38. The molecule has 0 unspecified atom stereocenters. The molecule has 3 nitrogen and oxygen atoms in total. The van der Waals surface area contributed by atoms with E-state index in [0.717, 1.165) is 12.1 Å². The van der Waals surface area contributed by atoms with Gasteiger partial charge in [-0.15, -0.1) is 0 Å². The van der Waals surface area contributed by atoms with Gasteiger partial charge in [-0.1, -0.05) is 31.4 Å². The predicted octanol–water partition coefficient (Wildman–Crippen LogP) is 5.42. The van der Waals surface area contributed by atoms with Gasteiger partial charge in [-0.3, -0.25) is 0 Å². The van der Waals surface area contributed by atoms with E-state index < -0.39 is 18.2 Å². The lowest BCUT2D eigenvalue weighted by Gasteiger charge is -2.38. The molecule has 0 bridgehead atoms. The van der Waals surface area contributed by atoms with Crippen LogP contribution in [-0.2, 0) is 15.6 Å². The lowest BCUT2D eigenvalue weighted by molar-refractivity contribution is -0.217. The van der Waals surface area contributed by atoms with Crippen LogP contribution in [0.3, 0.4) is 0 Å². The molecule has 0 radical (unpaired) electrons. The third-order valence-corrected chi connectivity index (χ3v) is 5.32. The van der Waals surface area contributed by atoms with Crippen LogP contribution in [0.4, 0.5) is 13.2 Å². The zero-order valence-corrected chi connectivity index (χ0v) is 14.7. The number of halogens is 3. The van der Waals surface area contributed by atoms with Crippen molar-refractivity contribution in [3.05, 3.63) is 65.5 Å². The first kappa shape index (κ1) is 18.3. The number of ether oxygens (including phenoxy) is 3. The summed E-state index contributed by atoms with van der Waals surface area (Å²) >= 11 is 0. The Morgan fingerprint density at radius 2 is 1.48 bits per heavy atom. The van der Waals surface area contributed by atoms with Crippen molar-refractivity contribution in [2.75, 3.05) is 13.2 Å². The highest BCUT2D eigenvalue weighted by atomic mass is 19.3. The van der Waals surface area contributed by atoms with Gasteiger partial charge in [-0.05, 0) is 42.3 Å². The summed E-state index contributed by atoms with van der Waals surface area (Å²) < 4.78 is 57.8. The van der Waals surface area contributed by atoms with Gasteiger partial charge in [0.15, 0.2) is 6.29 Å². The first-order valence-corrected chi connectivity index (χ1v) is 9.17. The van der Waals surface area contributed by atoms with E-state index in [1.807, 2.05) is 0 Å². The minimum Gasteiger partial charge on any atom is -0.429 e. The minimum absolute atomic E-state index is 0.105. The Kier molecular flexibility index (Phi) is 5.10. The summed E-state index contributed by atoms with van der Waals surface area (Å²) in [6, 6.07) is 10.2. The fourth-order valence-corrected chi connectivity index (χ4v) is 3.44. The molecule has 144 valence electrons.